The molecule has 13 amide bonds. The molecule has 0 saturated carbocycles. The van der Waals surface area contributed by atoms with E-state index in [4.69, 9.17) is 34.4 Å². The number of carbonyl (C=O) groups is 16. The summed E-state index contributed by atoms with van der Waals surface area (Å²) < 4.78 is 0. The number of primary amides is 1. The molecule has 98 heavy (non-hydrogen) atoms. The van der Waals surface area contributed by atoms with Crippen LogP contribution in [0.4, 0.5) is 0 Å². The van der Waals surface area contributed by atoms with Crippen LogP contribution < -0.4 is 98.2 Å². The summed E-state index contributed by atoms with van der Waals surface area (Å²) in [6, 6.07) is -18.4. The number of aliphatic imine (C=N–C) groups is 1. The summed E-state index contributed by atoms with van der Waals surface area (Å²) in [6.45, 7) is 13.6. The SMILES string of the molecule is CC(C)C[C@H](NC(=O)[C@H](CC(C)C)NC(=O)[C@H](CCC(=O)O)NC(=O)[C@H](C)NC(=O)[C@H](C)NC(=O)[C@@H](N)CCCCN)C(=O)N[C@@H](C)C(=O)N[C@@H](CCCCN)C(=O)N[C@@H](CCC(N)=O)C(=O)N[C@@H](CCCN=C(N)N)C(=O)N[C@@H](C)C(=O)N[C@@H](CCC(=O)O)C(=O)N[C@@H](C)C(=O)O. The van der Waals surface area contributed by atoms with Gasteiger partial charge in [-0.25, -0.2) is 0 Å². The normalized spacial score (nSPS) is 15.0. The average Bonchev–Trinajstić information content (AvgIpc) is 1.21. The molecule has 27 N–H and O–H groups in total. The van der Waals surface area contributed by atoms with Gasteiger partial charge in [0.15, 0.2) is 5.96 Å². The first-order valence-electron chi connectivity index (χ1n) is 32.5. The lowest BCUT2D eigenvalue weighted by Gasteiger charge is -2.28. The predicted molar refractivity (Wildman–Crippen MR) is 354 cm³/mol. The Labute approximate surface area is 569 Å². The smallest absolute Gasteiger partial charge is 0.325 e. The number of unbranched alkanes of at least 4 members (excludes halogenated alkanes) is 2. The van der Waals surface area contributed by atoms with Gasteiger partial charge in [-0.1, -0.05) is 34.1 Å². The van der Waals surface area contributed by atoms with Crippen LogP contribution in [-0.2, 0) is 76.7 Å². The Balaban J connectivity index is 6.73. The number of rotatable bonds is 50. The summed E-state index contributed by atoms with van der Waals surface area (Å²) >= 11 is 0. The third-order valence-corrected chi connectivity index (χ3v) is 14.8. The molecule has 556 valence electrons. The zero-order valence-corrected chi connectivity index (χ0v) is 57.4. The van der Waals surface area contributed by atoms with Crippen molar-refractivity contribution < 1.29 is 92.0 Å². The molecular weight excluding hydrogens is 1290 g/mol. The second kappa shape index (κ2) is 46.8. The van der Waals surface area contributed by atoms with Gasteiger partial charge in [-0.2, -0.15) is 0 Å². The first-order valence-corrected chi connectivity index (χ1v) is 32.5. The van der Waals surface area contributed by atoms with Crippen LogP contribution in [0.5, 0.6) is 0 Å². The monoisotopic (exact) mass is 1400 g/mol. The molecule has 0 aromatic rings. The predicted octanol–water partition coefficient (Wildman–Crippen LogP) is -6.29. The maximum absolute atomic E-state index is 14.2. The van der Waals surface area contributed by atoms with Gasteiger partial charge >= 0.3 is 17.9 Å². The molecule has 0 spiro atoms. The van der Waals surface area contributed by atoms with Crippen molar-refractivity contribution >= 4 is 101 Å². The first-order chi connectivity index (χ1) is 45.7. The third kappa shape index (κ3) is 37.3. The number of carboxylic acids is 3. The summed E-state index contributed by atoms with van der Waals surface area (Å²) in [5.74, 6) is -17.1. The van der Waals surface area contributed by atoms with Crippen molar-refractivity contribution in [1.29, 1.82) is 0 Å². The minimum Gasteiger partial charge on any atom is -0.481 e. The Kier molecular flexibility index (Phi) is 42.3. The molecule has 0 fully saturated rings. The second-order valence-electron chi connectivity index (χ2n) is 24.7. The highest BCUT2D eigenvalue weighted by atomic mass is 16.4. The van der Waals surface area contributed by atoms with Crippen LogP contribution in [0.1, 0.15) is 165 Å². The van der Waals surface area contributed by atoms with Crippen molar-refractivity contribution in [2.24, 2.45) is 51.2 Å². The number of carbonyl (C=O) groups excluding carboxylic acids is 13. The maximum atomic E-state index is 14.2. The molecule has 0 unspecified atom stereocenters. The molecule has 0 rings (SSSR count). The molecule has 0 bridgehead atoms. The highest BCUT2D eigenvalue weighted by Crippen LogP contribution is 2.13. The van der Waals surface area contributed by atoms with E-state index in [0.29, 0.717) is 32.2 Å². The van der Waals surface area contributed by atoms with Gasteiger partial charge in [0.1, 0.15) is 72.5 Å². The van der Waals surface area contributed by atoms with Gasteiger partial charge < -0.3 is 114 Å². The quantitative estimate of drug-likeness (QED) is 0.0153. The number of guanidine groups is 1. The van der Waals surface area contributed by atoms with E-state index in [2.05, 4.69) is 68.8 Å². The van der Waals surface area contributed by atoms with E-state index in [0.717, 1.165) is 6.92 Å². The standard InChI is InChI=1S/C60H107N19O19/c1-29(2)27-42(79-58(96)43(28-30(3)4)78-56(94)41(20-23-46(83)84)75-48(86)32(6)68-47(85)31(5)69-51(89)36(63)15-10-12-24-61)57(95)71-34(8)49(87)73-37(16-11-13-25-62)54(92)77-39(18-21-44(64)80)55(93)76-38(17-14-26-67-60(65)66)52(90)70-33(7)50(88)74-40(19-22-45(81)82)53(91)72-35(9)59(97)98/h29-43H,10-28,61-63H2,1-9H3,(H2,64,80)(H,68,85)(H,69,89)(H,70,90)(H,71,95)(H,72,91)(H,73,87)(H,74,88)(H,75,86)(H,76,93)(H,77,92)(H,78,94)(H,79,96)(H,81,82)(H,83,84)(H,97,98)(H4,65,66,67)/t31-,32-,33-,34-,35-,36-,37-,38-,39-,40-,41-,42-,43-/m0/s1. The van der Waals surface area contributed by atoms with Crippen LogP contribution in [0, 0.1) is 11.8 Å². The fourth-order valence-electron chi connectivity index (χ4n) is 9.11. The Morgan fingerprint density at radius 1 is 0.327 bits per heavy atom. The van der Waals surface area contributed by atoms with E-state index in [-0.39, 0.29) is 69.4 Å². The van der Waals surface area contributed by atoms with Gasteiger partial charge in [0, 0.05) is 25.8 Å². The number of amides is 13. The molecule has 0 aromatic carbocycles. The van der Waals surface area contributed by atoms with Gasteiger partial charge in [-0.3, -0.25) is 81.7 Å². The lowest BCUT2D eigenvalue weighted by Crippen LogP contribution is -2.60. The number of hydrogen-bond donors (Lipinski definition) is 21. The van der Waals surface area contributed by atoms with Gasteiger partial charge in [0.05, 0.1) is 6.04 Å². The van der Waals surface area contributed by atoms with E-state index in [1.807, 2.05) is 0 Å². The molecule has 38 heteroatoms. The Hall–Kier alpha value is -9.33. The number of aliphatic carboxylic acids is 3. The molecule has 0 aliphatic carbocycles. The zero-order valence-electron chi connectivity index (χ0n) is 57.4. The number of nitrogens with one attached hydrogen (secondary N) is 12. The topological polar surface area (TPSA) is 647 Å². The Bertz CT molecular complexity index is 2750. The summed E-state index contributed by atoms with van der Waals surface area (Å²) in [5, 5.41) is 57.3. The number of nitrogens with zero attached hydrogens (tertiary/aromatic N) is 1. The van der Waals surface area contributed by atoms with Crippen LogP contribution in [0.25, 0.3) is 0 Å². The summed E-state index contributed by atoms with van der Waals surface area (Å²) in [5.41, 5.74) is 33.5. The zero-order chi connectivity index (χ0) is 75.1. The van der Waals surface area contributed by atoms with E-state index in [1.54, 1.807) is 27.7 Å². The van der Waals surface area contributed by atoms with Crippen molar-refractivity contribution in [1.82, 2.24) is 63.8 Å². The Morgan fingerprint density at radius 2 is 0.602 bits per heavy atom. The van der Waals surface area contributed by atoms with E-state index < -0.39 is 212 Å². The van der Waals surface area contributed by atoms with E-state index >= 15 is 0 Å². The molecular formula is C60H107N19O19. The molecule has 0 aromatic heterocycles. The van der Waals surface area contributed by atoms with Crippen LogP contribution >= 0.6 is 0 Å². The van der Waals surface area contributed by atoms with Crippen molar-refractivity contribution in [3.63, 3.8) is 0 Å². The summed E-state index contributed by atoms with van der Waals surface area (Å²) in [7, 11) is 0. The molecule has 0 saturated heterocycles. The third-order valence-electron chi connectivity index (χ3n) is 14.8. The number of hydrogen-bond acceptors (Lipinski definition) is 20. The van der Waals surface area contributed by atoms with Crippen molar-refractivity contribution in [3.8, 4) is 0 Å². The molecule has 13 atom stereocenters. The minimum absolute atomic E-state index is 0.0190. The van der Waals surface area contributed by atoms with Crippen LogP contribution in [0.2, 0.25) is 0 Å². The lowest BCUT2D eigenvalue weighted by atomic mass is 9.99. The fourth-order valence-corrected chi connectivity index (χ4v) is 9.11. The average molecular weight is 1400 g/mol. The largest absolute Gasteiger partial charge is 0.481 e. The summed E-state index contributed by atoms with van der Waals surface area (Å²) in [6.07, 6.45) is -1.48. The van der Waals surface area contributed by atoms with Gasteiger partial charge in [-0.05, 0) is 137 Å². The Morgan fingerprint density at radius 3 is 0.949 bits per heavy atom. The maximum Gasteiger partial charge on any atom is 0.325 e. The summed E-state index contributed by atoms with van der Waals surface area (Å²) in [4.78, 5) is 214. The fraction of sp³-hybridized carbons (Fsp3) is 0.717. The van der Waals surface area contributed by atoms with Crippen molar-refractivity contribution in [2.45, 2.75) is 244 Å². The number of carboxylic acid groups (broad SMARTS) is 3. The highest BCUT2D eigenvalue weighted by molar-refractivity contribution is 6.00. The number of nitrogens with two attached hydrogens (primary N) is 6. The second-order valence-corrected chi connectivity index (χ2v) is 24.7. The molecule has 38 nitrogen and oxygen atoms in total. The lowest BCUT2D eigenvalue weighted by molar-refractivity contribution is -0.142. The highest BCUT2D eigenvalue weighted by Gasteiger charge is 2.36. The van der Waals surface area contributed by atoms with Crippen molar-refractivity contribution in [3.05, 3.63) is 0 Å². The van der Waals surface area contributed by atoms with Crippen molar-refractivity contribution in [2.75, 3.05) is 19.6 Å². The van der Waals surface area contributed by atoms with Crippen LogP contribution in [0.15, 0.2) is 4.99 Å². The molecule has 0 aliphatic rings. The van der Waals surface area contributed by atoms with Gasteiger partial charge in [0.25, 0.3) is 0 Å². The van der Waals surface area contributed by atoms with E-state index in [1.165, 1.54) is 27.7 Å². The van der Waals surface area contributed by atoms with Crippen LogP contribution in [-0.4, -0.2) is 214 Å². The van der Waals surface area contributed by atoms with E-state index in [9.17, 15) is 92.0 Å². The van der Waals surface area contributed by atoms with Crippen LogP contribution in [0.3, 0.4) is 0 Å². The first kappa shape index (κ1) is 88.7. The van der Waals surface area contributed by atoms with Gasteiger partial charge in [0.2, 0.25) is 76.8 Å². The van der Waals surface area contributed by atoms with Gasteiger partial charge in [-0.15, -0.1) is 0 Å². The molecule has 0 radical (unpaired) electrons. The molecule has 0 aliphatic heterocycles. The minimum atomic E-state index is -1.65. The molecule has 0 heterocycles.